The SMILES string of the molecule is CC(=O)c1ccccc1NC(=O)COC(=O)CS[C@H](C)C(=O)Nc1cc(C)on1. The Hall–Kier alpha value is -3.14. The van der Waals surface area contributed by atoms with Gasteiger partial charge < -0.3 is 19.9 Å². The van der Waals surface area contributed by atoms with E-state index >= 15 is 0 Å². The summed E-state index contributed by atoms with van der Waals surface area (Å²) in [6, 6.07) is 8.12. The molecule has 2 amide bonds. The number of benzene rings is 1. The zero-order valence-electron chi connectivity index (χ0n) is 16.2. The molecular formula is C19H21N3O6S. The van der Waals surface area contributed by atoms with Gasteiger partial charge in [-0.2, -0.15) is 0 Å². The van der Waals surface area contributed by atoms with E-state index in [-0.39, 0.29) is 17.4 Å². The number of carbonyl (C=O) groups excluding carboxylic acids is 4. The number of hydrogen-bond donors (Lipinski definition) is 2. The fourth-order valence-corrected chi connectivity index (χ4v) is 2.87. The van der Waals surface area contributed by atoms with E-state index in [0.29, 0.717) is 22.8 Å². The molecule has 1 aromatic heterocycles. The Bertz CT molecular complexity index is 911. The Morgan fingerprint density at radius 1 is 1.21 bits per heavy atom. The van der Waals surface area contributed by atoms with Gasteiger partial charge in [-0.1, -0.05) is 17.3 Å². The zero-order chi connectivity index (χ0) is 21.4. The summed E-state index contributed by atoms with van der Waals surface area (Å²) in [6.45, 7) is 4.23. The highest BCUT2D eigenvalue weighted by Crippen LogP contribution is 2.16. The molecule has 29 heavy (non-hydrogen) atoms. The molecule has 9 nitrogen and oxygen atoms in total. The van der Waals surface area contributed by atoms with Crippen molar-refractivity contribution in [1.82, 2.24) is 5.16 Å². The van der Waals surface area contributed by atoms with Crippen molar-refractivity contribution in [3.8, 4) is 0 Å². The van der Waals surface area contributed by atoms with E-state index < -0.39 is 23.7 Å². The fraction of sp³-hybridized carbons (Fsp3) is 0.316. The molecule has 0 unspecified atom stereocenters. The van der Waals surface area contributed by atoms with Crippen LogP contribution < -0.4 is 10.6 Å². The van der Waals surface area contributed by atoms with E-state index in [1.165, 1.54) is 6.92 Å². The number of esters is 1. The molecule has 2 aromatic rings. The van der Waals surface area contributed by atoms with Crippen LogP contribution in [0, 0.1) is 6.92 Å². The molecule has 154 valence electrons. The number of ether oxygens (including phenoxy) is 1. The average Bonchev–Trinajstić information content (AvgIpc) is 3.09. The zero-order valence-corrected chi connectivity index (χ0v) is 17.0. The number of carbonyl (C=O) groups is 4. The number of rotatable bonds is 9. The molecule has 0 aliphatic heterocycles. The smallest absolute Gasteiger partial charge is 0.316 e. The second kappa shape index (κ2) is 10.4. The van der Waals surface area contributed by atoms with E-state index in [9.17, 15) is 19.2 Å². The van der Waals surface area contributed by atoms with Gasteiger partial charge in [0.1, 0.15) is 5.76 Å². The number of nitrogens with one attached hydrogen (secondary N) is 2. The molecule has 1 atom stereocenters. The van der Waals surface area contributed by atoms with Crippen LogP contribution in [-0.4, -0.2) is 46.3 Å². The van der Waals surface area contributed by atoms with Crippen LogP contribution in [0.3, 0.4) is 0 Å². The third-order valence-corrected chi connectivity index (χ3v) is 4.76. The molecule has 10 heteroatoms. The lowest BCUT2D eigenvalue weighted by atomic mass is 10.1. The van der Waals surface area contributed by atoms with E-state index in [1.54, 1.807) is 44.2 Å². The van der Waals surface area contributed by atoms with Gasteiger partial charge in [0.05, 0.1) is 16.7 Å². The highest BCUT2D eigenvalue weighted by Gasteiger charge is 2.18. The van der Waals surface area contributed by atoms with Crippen LogP contribution in [0.2, 0.25) is 0 Å². The monoisotopic (exact) mass is 419 g/mol. The lowest BCUT2D eigenvalue weighted by Gasteiger charge is -2.11. The second-order valence-electron chi connectivity index (χ2n) is 6.08. The molecule has 1 aromatic carbocycles. The minimum atomic E-state index is -0.637. The summed E-state index contributed by atoms with van der Waals surface area (Å²) in [6.07, 6.45) is 0. The van der Waals surface area contributed by atoms with E-state index in [2.05, 4.69) is 15.8 Å². The van der Waals surface area contributed by atoms with Crippen LogP contribution in [0.1, 0.15) is 30.0 Å². The van der Waals surface area contributed by atoms with Crippen molar-refractivity contribution in [2.24, 2.45) is 0 Å². The van der Waals surface area contributed by atoms with Gasteiger partial charge in [0.15, 0.2) is 18.2 Å². The summed E-state index contributed by atoms with van der Waals surface area (Å²) in [5, 5.41) is 8.22. The van der Waals surface area contributed by atoms with Gasteiger partial charge in [-0.3, -0.25) is 19.2 Å². The first-order valence-corrected chi connectivity index (χ1v) is 9.72. The Kier molecular flexibility index (Phi) is 7.96. The summed E-state index contributed by atoms with van der Waals surface area (Å²) >= 11 is 1.06. The Balaban J connectivity index is 1.73. The van der Waals surface area contributed by atoms with Crippen molar-refractivity contribution in [3.05, 3.63) is 41.7 Å². The third-order valence-electron chi connectivity index (χ3n) is 3.64. The van der Waals surface area contributed by atoms with Crippen molar-refractivity contribution in [2.45, 2.75) is 26.0 Å². The van der Waals surface area contributed by atoms with Gasteiger partial charge in [0.25, 0.3) is 5.91 Å². The van der Waals surface area contributed by atoms with Gasteiger partial charge in [-0.25, -0.2) is 0 Å². The number of aryl methyl sites for hydroxylation is 1. The number of nitrogens with zero attached hydrogens (tertiary/aromatic N) is 1. The number of amides is 2. The molecule has 0 spiro atoms. The summed E-state index contributed by atoms with van der Waals surface area (Å²) in [5.74, 6) is -0.981. The van der Waals surface area contributed by atoms with Gasteiger partial charge in [-0.05, 0) is 32.9 Å². The molecule has 0 radical (unpaired) electrons. The number of anilines is 2. The maximum absolute atomic E-state index is 12.0. The van der Waals surface area contributed by atoms with Gasteiger partial charge in [0.2, 0.25) is 5.91 Å². The quantitative estimate of drug-likeness (QED) is 0.469. The summed E-state index contributed by atoms with van der Waals surface area (Å²) in [5.41, 5.74) is 0.716. The number of hydrogen-bond acceptors (Lipinski definition) is 8. The first kappa shape index (κ1) is 22.2. The maximum Gasteiger partial charge on any atom is 0.316 e. The number of aromatic nitrogens is 1. The Morgan fingerprint density at radius 2 is 1.93 bits per heavy atom. The van der Waals surface area contributed by atoms with Crippen molar-refractivity contribution >= 4 is 46.8 Å². The Labute approximate surface area is 171 Å². The van der Waals surface area contributed by atoms with Crippen LogP contribution >= 0.6 is 11.8 Å². The first-order valence-electron chi connectivity index (χ1n) is 8.67. The normalized spacial score (nSPS) is 11.4. The van der Waals surface area contributed by atoms with Gasteiger partial charge >= 0.3 is 5.97 Å². The number of Topliss-reactive ketones (excluding diaryl/α,β-unsaturated/α-hetero) is 1. The van der Waals surface area contributed by atoms with E-state index in [4.69, 9.17) is 9.26 Å². The summed E-state index contributed by atoms with van der Waals surface area (Å²) in [4.78, 5) is 47.4. The van der Waals surface area contributed by atoms with Crippen molar-refractivity contribution < 1.29 is 28.4 Å². The summed E-state index contributed by atoms with van der Waals surface area (Å²) < 4.78 is 9.77. The van der Waals surface area contributed by atoms with Crippen molar-refractivity contribution in [1.29, 1.82) is 0 Å². The molecule has 2 rings (SSSR count). The number of para-hydroxylation sites is 1. The molecule has 0 saturated heterocycles. The van der Waals surface area contributed by atoms with Gasteiger partial charge in [-0.15, -0.1) is 11.8 Å². The highest BCUT2D eigenvalue weighted by atomic mass is 32.2. The topological polar surface area (TPSA) is 128 Å². The minimum Gasteiger partial charge on any atom is -0.455 e. The predicted octanol–water partition coefficient (Wildman–Crippen LogP) is 2.43. The van der Waals surface area contributed by atoms with Crippen LogP contribution in [-0.2, 0) is 19.1 Å². The molecule has 0 fully saturated rings. The van der Waals surface area contributed by atoms with Crippen LogP contribution in [0.5, 0.6) is 0 Å². The predicted molar refractivity (Wildman–Crippen MR) is 108 cm³/mol. The molecule has 0 aliphatic rings. The number of thioether (sulfide) groups is 1. The van der Waals surface area contributed by atoms with Gasteiger partial charge in [0, 0.05) is 11.6 Å². The lowest BCUT2D eigenvalue weighted by Crippen LogP contribution is -2.25. The van der Waals surface area contributed by atoms with Crippen molar-refractivity contribution in [3.63, 3.8) is 0 Å². The molecule has 0 bridgehead atoms. The summed E-state index contributed by atoms with van der Waals surface area (Å²) in [7, 11) is 0. The standard InChI is InChI=1S/C19H21N3O6S/c1-11-8-16(22-28-11)21-19(26)13(3)29-10-18(25)27-9-17(24)20-15-7-5-4-6-14(15)12(2)23/h4-8,13H,9-10H2,1-3H3,(H,20,24)(H,21,22,26)/t13-/m1/s1. The largest absolute Gasteiger partial charge is 0.455 e. The van der Waals surface area contributed by atoms with Crippen LogP contribution in [0.25, 0.3) is 0 Å². The first-order chi connectivity index (χ1) is 13.8. The fourth-order valence-electron chi connectivity index (χ4n) is 2.20. The lowest BCUT2D eigenvalue weighted by molar-refractivity contribution is -0.144. The molecular weight excluding hydrogens is 398 g/mol. The van der Waals surface area contributed by atoms with Crippen molar-refractivity contribution in [2.75, 3.05) is 23.0 Å². The Morgan fingerprint density at radius 3 is 2.59 bits per heavy atom. The molecule has 0 aliphatic carbocycles. The van der Waals surface area contributed by atoms with Crippen LogP contribution in [0.15, 0.2) is 34.9 Å². The third kappa shape index (κ3) is 7.07. The maximum atomic E-state index is 12.0. The molecule has 0 saturated carbocycles. The van der Waals surface area contributed by atoms with Crippen LogP contribution in [0.4, 0.5) is 11.5 Å². The average molecular weight is 419 g/mol. The molecule has 2 N–H and O–H groups in total. The molecule has 1 heterocycles. The second-order valence-corrected chi connectivity index (χ2v) is 7.41. The van der Waals surface area contributed by atoms with E-state index in [1.807, 2.05) is 0 Å². The highest BCUT2D eigenvalue weighted by molar-refractivity contribution is 8.01. The number of ketones is 1. The minimum absolute atomic E-state index is 0.107. The van der Waals surface area contributed by atoms with E-state index in [0.717, 1.165) is 11.8 Å².